The molecule has 0 bridgehead atoms. The first kappa shape index (κ1) is 14.2. The third kappa shape index (κ3) is 2.90. The molecule has 1 fully saturated rings. The zero-order chi connectivity index (χ0) is 13.5. The van der Waals surface area contributed by atoms with Crippen molar-refractivity contribution in [2.45, 2.75) is 44.0 Å². The molecular formula is C10H17F3N2O2. The van der Waals surface area contributed by atoms with E-state index in [9.17, 15) is 23.1 Å². The van der Waals surface area contributed by atoms with Crippen LogP contribution in [0.15, 0.2) is 0 Å². The molecule has 0 aromatic carbocycles. The maximum absolute atomic E-state index is 12.6. The van der Waals surface area contributed by atoms with Gasteiger partial charge < -0.3 is 15.7 Å². The van der Waals surface area contributed by atoms with E-state index in [4.69, 9.17) is 5.73 Å². The van der Waals surface area contributed by atoms with Crippen LogP contribution in [0.3, 0.4) is 0 Å². The molecule has 1 amide bonds. The SMILES string of the molecule is CC1(O)CCN(C(=O)C(C)(N)C(F)(F)F)CC1. The Morgan fingerprint density at radius 1 is 1.35 bits per heavy atom. The van der Waals surface area contributed by atoms with E-state index in [1.54, 1.807) is 6.92 Å². The maximum atomic E-state index is 12.6. The summed E-state index contributed by atoms with van der Waals surface area (Å²) in [7, 11) is 0. The van der Waals surface area contributed by atoms with Gasteiger partial charge in [-0.3, -0.25) is 4.79 Å². The van der Waals surface area contributed by atoms with Crippen LogP contribution in [0.5, 0.6) is 0 Å². The van der Waals surface area contributed by atoms with Crippen LogP contribution in [0.1, 0.15) is 26.7 Å². The Bertz CT molecular complexity index is 303. The van der Waals surface area contributed by atoms with Crippen LogP contribution >= 0.6 is 0 Å². The number of halogens is 3. The number of piperidine rings is 1. The van der Waals surface area contributed by atoms with Crippen molar-refractivity contribution in [3.05, 3.63) is 0 Å². The Morgan fingerprint density at radius 2 is 1.76 bits per heavy atom. The molecule has 1 aliphatic rings. The standard InChI is InChI=1S/C10H17F3N2O2/c1-8(17)3-5-15(6-4-8)7(16)9(2,14)10(11,12)13/h17H,3-6,14H2,1-2H3. The summed E-state index contributed by atoms with van der Waals surface area (Å²) in [6.45, 7) is 2.45. The normalized spacial score (nSPS) is 24.3. The molecule has 0 spiro atoms. The van der Waals surface area contributed by atoms with Crippen molar-refractivity contribution in [1.29, 1.82) is 0 Å². The molecule has 1 atom stereocenters. The molecular weight excluding hydrogens is 237 g/mol. The second kappa shape index (κ2) is 4.13. The molecule has 7 heteroatoms. The minimum Gasteiger partial charge on any atom is -0.390 e. The lowest BCUT2D eigenvalue weighted by molar-refractivity contribution is -0.195. The number of rotatable bonds is 1. The van der Waals surface area contributed by atoms with E-state index >= 15 is 0 Å². The van der Waals surface area contributed by atoms with Gasteiger partial charge in [0, 0.05) is 13.1 Å². The van der Waals surface area contributed by atoms with Gasteiger partial charge in [0.2, 0.25) is 0 Å². The van der Waals surface area contributed by atoms with Crippen LogP contribution in [-0.2, 0) is 4.79 Å². The van der Waals surface area contributed by atoms with Crippen molar-refractivity contribution < 1.29 is 23.1 Å². The van der Waals surface area contributed by atoms with Crippen molar-refractivity contribution in [3.8, 4) is 0 Å². The van der Waals surface area contributed by atoms with Crippen molar-refractivity contribution in [1.82, 2.24) is 4.90 Å². The molecule has 1 rings (SSSR count). The highest BCUT2D eigenvalue weighted by Gasteiger charge is 2.55. The zero-order valence-electron chi connectivity index (χ0n) is 9.84. The highest BCUT2D eigenvalue weighted by atomic mass is 19.4. The molecule has 0 aromatic heterocycles. The number of nitrogens with two attached hydrogens (primary N) is 1. The lowest BCUT2D eigenvalue weighted by Crippen LogP contribution is -2.63. The molecule has 4 nitrogen and oxygen atoms in total. The number of aliphatic hydroxyl groups is 1. The molecule has 0 radical (unpaired) electrons. The summed E-state index contributed by atoms with van der Waals surface area (Å²) < 4.78 is 37.7. The van der Waals surface area contributed by atoms with E-state index in [1.165, 1.54) is 0 Å². The van der Waals surface area contributed by atoms with Crippen LogP contribution in [0.25, 0.3) is 0 Å². The van der Waals surface area contributed by atoms with Crippen LogP contribution in [-0.4, -0.2) is 46.3 Å². The minimum atomic E-state index is -4.77. The topological polar surface area (TPSA) is 66.6 Å². The van der Waals surface area contributed by atoms with Gasteiger partial charge >= 0.3 is 6.18 Å². The molecule has 0 aliphatic carbocycles. The van der Waals surface area contributed by atoms with E-state index < -0.39 is 23.2 Å². The predicted molar refractivity (Wildman–Crippen MR) is 55.1 cm³/mol. The number of amides is 1. The highest BCUT2D eigenvalue weighted by molar-refractivity contribution is 5.86. The van der Waals surface area contributed by atoms with Gasteiger partial charge in [-0.2, -0.15) is 13.2 Å². The Morgan fingerprint density at radius 3 is 2.12 bits per heavy atom. The van der Waals surface area contributed by atoms with Crippen LogP contribution in [0.2, 0.25) is 0 Å². The van der Waals surface area contributed by atoms with E-state index in [0.29, 0.717) is 6.92 Å². The Labute approximate surface area is 97.6 Å². The third-order valence-corrected chi connectivity index (χ3v) is 3.16. The molecule has 1 aliphatic heterocycles. The van der Waals surface area contributed by atoms with Gasteiger partial charge in [0.1, 0.15) is 0 Å². The minimum absolute atomic E-state index is 0.0920. The summed E-state index contributed by atoms with van der Waals surface area (Å²) >= 11 is 0. The maximum Gasteiger partial charge on any atom is 0.415 e. The highest BCUT2D eigenvalue weighted by Crippen LogP contribution is 2.31. The summed E-state index contributed by atoms with van der Waals surface area (Å²) in [5.74, 6) is -1.14. The predicted octanol–water partition coefficient (Wildman–Crippen LogP) is 0.639. The molecule has 1 saturated heterocycles. The third-order valence-electron chi connectivity index (χ3n) is 3.16. The monoisotopic (exact) mass is 254 g/mol. The van der Waals surface area contributed by atoms with Gasteiger partial charge in [0.05, 0.1) is 5.60 Å². The van der Waals surface area contributed by atoms with Crippen molar-refractivity contribution in [2.24, 2.45) is 5.73 Å². The summed E-state index contributed by atoms with van der Waals surface area (Å²) in [4.78, 5) is 12.7. The lowest BCUT2D eigenvalue weighted by Gasteiger charge is -2.39. The van der Waals surface area contributed by atoms with Gasteiger partial charge in [0.15, 0.2) is 5.54 Å². The van der Waals surface area contributed by atoms with E-state index in [1.807, 2.05) is 0 Å². The number of nitrogens with zero attached hydrogens (tertiary/aromatic N) is 1. The van der Waals surface area contributed by atoms with Crippen molar-refractivity contribution >= 4 is 5.91 Å². The quantitative estimate of drug-likeness (QED) is 0.721. The number of carbonyl (C=O) groups excluding carboxylic acids is 1. The van der Waals surface area contributed by atoms with E-state index in [0.717, 1.165) is 4.90 Å². The number of alkyl halides is 3. The summed E-state index contributed by atoms with van der Waals surface area (Å²) in [5.41, 5.74) is 1.28. The fourth-order valence-corrected chi connectivity index (χ4v) is 1.64. The van der Waals surface area contributed by atoms with Gasteiger partial charge in [-0.05, 0) is 26.7 Å². The lowest BCUT2D eigenvalue weighted by atomic mass is 9.92. The van der Waals surface area contributed by atoms with Gasteiger partial charge in [0.25, 0.3) is 5.91 Å². The van der Waals surface area contributed by atoms with Crippen LogP contribution < -0.4 is 5.73 Å². The molecule has 0 aromatic rings. The average molecular weight is 254 g/mol. The van der Waals surface area contributed by atoms with Crippen molar-refractivity contribution in [2.75, 3.05) is 13.1 Å². The molecule has 17 heavy (non-hydrogen) atoms. The van der Waals surface area contributed by atoms with Gasteiger partial charge in [-0.25, -0.2) is 0 Å². The first-order valence-corrected chi connectivity index (χ1v) is 5.35. The first-order chi connectivity index (χ1) is 7.47. The molecule has 100 valence electrons. The van der Waals surface area contributed by atoms with Gasteiger partial charge in [-0.1, -0.05) is 0 Å². The molecule has 0 saturated carbocycles. The first-order valence-electron chi connectivity index (χ1n) is 5.35. The summed E-state index contributed by atoms with van der Waals surface area (Å²) in [6, 6.07) is 0. The average Bonchev–Trinajstić information content (AvgIpc) is 2.15. The largest absolute Gasteiger partial charge is 0.415 e. The Hall–Kier alpha value is -0.820. The second-order valence-corrected chi connectivity index (χ2v) is 4.99. The number of hydrogen-bond donors (Lipinski definition) is 2. The fourth-order valence-electron chi connectivity index (χ4n) is 1.64. The smallest absolute Gasteiger partial charge is 0.390 e. The number of likely N-dealkylation sites (tertiary alicyclic amines) is 1. The molecule has 1 heterocycles. The van der Waals surface area contributed by atoms with E-state index in [2.05, 4.69) is 0 Å². The van der Waals surface area contributed by atoms with Crippen LogP contribution in [0.4, 0.5) is 13.2 Å². The fraction of sp³-hybridized carbons (Fsp3) is 0.900. The van der Waals surface area contributed by atoms with E-state index in [-0.39, 0.29) is 25.9 Å². The molecule has 1 unspecified atom stereocenters. The Kier molecular flexibility index (Phi) is 3.46. The van der Waals surface area contributed by atoms with Crippen molar-refractivity contribution in [3.63, 3.8) is 0 Å². The number of hydrogen-bond acceptors (Lipinski definition) is 3. The zero-order valence-corrected chi connectivity index (χ0v) is 9.84. The second-order valence-electron chi connectivity index (χ2n) is 4.99. The summed E-state index contributed by atoms with van der Waals surface area (Å²) in [5, 5.41) is 9.65. The van der Waals surface area contributed by atoms with Crippen LogP contribution in [0, 0.1) is 0 Å². The molecule has 3 N–H and O–H groups in total. The summed E-state index contributed by atoms with van der Waals surface area (Å²) in [6.07, 6.45) is -4.26. The number of carbonyl (C=O) groups is 1. The Balaban J connectivity index is 2.73. The van der Waals surface area contributed by atoms with Gasteiger partial charge in [-0.15, -0.1) is 0 Å².